The first kappa shape index (κ1) is 17.8. The zero-order chi connectivity index (χ0) is 20.3. The van der Waals surface area contributed by atoms with Gasteiger partial charge in [-0.05, 0) is 23.8 Å². The number of aromatic nitrogens is 4. The molecule has 0 unspecified atom stereocenters. The molecule has 0 aliphatic heterocycles. The highest BCUT2D eigenvalue weighted by atomic mass is 16.3. The Morgan fingerprint density at radius 2 is 1.67 bits per heavy atom. The summed E-state index contributed by atoms with van der Waals surface area (Å²) in [4.78, 5) is 4.66. The Hall–Kier alpha value is -4.26. The minimum absolute atomic E-state index is 0.153. The predicted molar refractivity (Wildman–Crippen MR) is 118 cm³/mol. The van der Waals surface area contributed by atoms with Crippen LogP contribution in [0.2, 0.25) is 0 Å². The quantitative estimate of drug-likeness (QED) is 0.345. The van der Waals surface area contributed by atoms with Crippen molar-refractivity contribution in [3.05, 3.63) is 90.0 Å². The van der Waals surface area contributed by atoms with Crippen LogP contribution in [-0.4, -0.2) is 31.1 Å². The van der Waals surface area contributed by atoms with Gasteiger partial charge in [0.1, 0.15) is 11.3 Å². The van der Waals surface area contributed by atoms with Crippen LogP contribution in [0.4, 0.5) is 5.95 Å². The molecule has 3 aromatic carbocycles. The average Bonchev–Trinajstić information content (AvgIpc) is 3.09. The Morgan fingerprint density at radius 1 is 0.900 bits per heavy atom. The molecule has 2 heterocycles. The zero-order valence-electron chi connectivity index (χ0n) is 16.0. The summed E-state index contributed by atoms with van der Waals surface area (Å²) in [5.41, 5.74) is 7.10. The third-order valence-corrected chi connectivity index (χ3v) is 4.86. The van der Waals surface area contributed by atoms with E-state index >= 15 is 0 Å². The highest BCUT2D eigenvalue weighted by Crippen LogP contribution is 2.27. The van der Waals surface area contributed by atoms with Gasteiger partial charge in [0.15, 0.2) is 5.65 Å². The van der Waals surface area contributed by atoms with Gasteiger partial charge in [0.25, 0.3) is 5.95 Å². The third kappa shape index (κ3) is 3.33. The Labute approximate surface area is 172 Å². The van der Waals surface area contributed by atoms with E-state index < -0.39 is 0 Å². The predicted octanol–water partition coefficient (Wildman–Crippen LogP) is 4.18. The van der Waals surface area contributed by atoms with Gasteiger partial charge in [0, 0.05) is 17.5 Å². The molecule has 0 saturated carbocycles. The highest BCUT2D eigenvalue weighted by Gasteiger charge is 2.14. The number of anilines is 1. The van der Waals surface area contributed by atoms with Crippen molar-refractivity contribution in [1.29, 1.82) is 0 Å². The maximum Gasteiger partial charge on any atom is 0.265 e. The van der Waals surface area contributed by atoms with Gasteiger partial charge in [-0.1, -0.05) is 60.7 Å². The summed E-state index contributed by atoms with van der Waals surface area (Å²) in [6, 6.07) is 25.3. The molecule has 30 heavy (non-hydrogen) atoms. The number of nitrogens with one attached hydrogen (secondary N) is 1. The van der Waals surface area contributed by atoms with Crippen LogP contribution in [0.5, 0.6) is 5.75 Å². The Kier molecular flexibility index (Phi) is 4.53. The first-order valence-electron chi connectivity index (χ1n) is 9.52. The van der Waals surface area contributed by atoms with Gasteiger partial charge in [0.05, 0.1) is 11.7 Å². The number of phenols is 1. The van der Waals surface area contributed by atoms with Crippen LogP contribution in [0.25, 0.3) is 22.1 Å². The normalized spacial score (nSPS) is 11.5. The largest absolute Gasteiger partial charge is 0.507 e. The lowest BCUT2D eigenvalue weighted by Crippen LogP contribution is -2.04. The van der Waals surface area contributed by atoms with E-state index in [1.165, 1.54) is 11.8 Å². The second-order valence-electron chi connectivity index (χ2n) is 6.83. The first-order chi connectivity index (χ1) is 14.8. The Balaban J connectivity index is 1.53. The molecule has 0 radical (unpaired) electrons. The van der Waals surface area contributed by atoms with Gasteiger partial charge in [-0.15, -0.1) is 10.2 Å². The summed E-state index contributed by atoms with van der Waals surface area (Å²) >= 11 is 0. The van der Waals surface area contributed by atoms with Crippen LogP contribution in [0.15, 0.2) is 84.0 Å². The van der Waals surface area contributed by atoms with Crippen molar-refractivity contribution in [1.82, 2.24) is 19.7 Å². The number of phenolic OH excluding ortho intramolecular Hbond substituents is 1. The number of benzene rings is 3. The smallest absolute Gasteiger partial charge is 0.265 e. The van der Waals surface area contributed by atoms with Crippen molar-refractivity contribution in [2.24, 2.45) is 5.10 Å². The summed E-state index contributed by atoms with van der Waals surface area (Å²) < 4.78 is 2.13. The maximum atomic E-state index is 9.84. The molecule has 0 fully saturated rings. The second kappa shape index (κ2) is 7.63. The molecule has 5 rings (SSSR count). The van der Waals surface area contributed by atoms with Crippen molar-refractivity contribution in [3.63, 3.8) is 0 Å². The van der Waals surface area contributed by atoms with E-state index in [2.05, 4.69) is 48.5 Å². The number of fused-ring (bicyclic) bond motifs is 3. The fourth-order valence-corrected chi connectivity index (χ4v) is 3.43. The highest BCUT2D eigenvalue weighted by molar-refractivity contribution is 6.04. The summed E-state index contributed by atoms with van der Waals surface area (Å²) in [7, 11) is 0. The molecule has 146 valence electrons. The van der Waals surface area contributed by atoms with E-state index in [0.29, 0.717) is 12.1 Å². The lowest BCUT2D eigenvalue weighted by atomic mass is 10.2. The van der Waals surface area contributed by atoms with E-state index in [1.54, 1.807) is 18.2 Å². The molecular weight excluding hydrogens is 376 g/mol. The van der Waals surface area contributed by atoms with Crippen LogP contribution in [0, 0.1) is 0 Å². The maximum absolute atomic E-state index is 9.84. The standard InChI is InChI=1S/C23H18N6O/c30-20-13-7-4-10-17(20)14-24-27-23-25-22-21(26-28-23)18-11-5-6-12-19(18)29(22)15-16-8-2-1-3-9-16/h1-14,30H,15H2,(H,25,27,28)/b24-14+. The molecule has 2 N–H and O–H groups in total. The number of para-hydroxylation sites is 2. The van der Waals surface area contributed by atoms with Gasteiger partial charge in [0.2, 0.25) is 0 Å². The monoisotopic (exact) mass is 394 g/mol. The van der Waals surface area contributed by atoms with Crippen molar-refractivity contribution in [2.45, 2.75) is 6.54 Å². The average molecular weight is 394 g/mol. The first-order valence-corrected chi connectivity index (χ1v) is 9.52. The minimum atomic E-state index is 0.153. The molecule has 2 aromatic heterocycles. The van der Waals surface area contributed by atoms with Crippen LogP contribution < -0.4 is 5.43 Å². The van der Waals surface area contributed by atoms with Gasteiger partial charge in [-0.25, -0.2) is 5.43 Å². The molecule has 7 heteroatoms. The van der Waals surface area contributed by atoms with Gasteiger partial charge in [-0.3, -0.25) is 0 Å². The molecule has 7 nitrogen and oxygen atoms in total. The van der Waals surface area contributed by atoms with Crippen molar-refractivity contribution in [2.75, 3.05) is 5.43 Å². The summed E-state index contributed by atoms with van der Waals surface area (Å²) in [6.45, 7) is 0.671. The summed E-state index contributed by atoms with van der Waals surface area (Å²) in [6.07, 6.45) is 1.52. The van der Waals surface area contributed by atoms with Crippen molar-refractivity contribution in [3.8, 4) is 5.75 Å². The molecule has 0 spiro atoms. The zero-order valence-corrected chi connectivity index (χ0v) is 16.0. The SMILES string of the molecule is Oc1ccccc1/C=N/Nc1nnc2c3ccccc3n(Cc3ccccc3)c2n1. The van der Waals surface area contributed by atoms with Gasteiger partial charge >= 0.3 is 0 Å². The van der Waals surface area contributed by atoms with E-state index in [9.17, 15) is 5.11 Å². The molecule has 5 aromatic rings. The minimum Gasteiger partial charge on any atom is -0.507 e. The topological polar surface area (TPSA) is 88.2 Å². The third-order valence-electron chi connectivity index (χ3n) is 4.86. The van der Waals surface area contributed by atoms with E-state index in [-0.39, 0.29) is 11.7 Å². The van der Waals surface area contributed by atoms with Gasteiger partial charge in [-0.2, -0.15) is 10.1 Å². The van der Waals surface area contributed by atoms with Crippen LogP contribution >= 0.6 is 0 Å². The fraction of sp³-hybridized carbons (Fsp3) is 0.0435. The molecule has 0 saturated heterocycles. The van der Waals surface area contributed by atoms with Crippen molar-refractivity contribution >= 4 is 34.2 Å². The molecule has 0 atom stereocenters. The number of nitrogens with zero attached hydrogens (tertiary/aromatic N) is 5. The lowest BCUT2D eigenvalue weighted by Gasteiger charge is -2.07. The Morgan fingerprint density at radius 3 is 2.53 bits per heavy atom. The Bertz CT molecular complexity index is 1360. The second-order valence-corrected chi connectivity index (χ2v) is 6.83. The molecule has 0 aliphatic carbocycles. The number of hydrogen-bond donors (Lipinski definition) is 2. The molecule has 0 bridgehead atoms. The summed E-state index contributed by atoms with van der Waals surface area (Å²) in [5.74, 6) is 0.437. The number of rotatable bonds is 5. The van der Waals surface area contributed by atoms with Gasteiger partial charge < -0.3 is 9.67 Å². The number of aromatic hydroxyl groups is 1. The number of hydrazone groups is 1. The fourth-order valence-electron chi connectivity index (χ4n) is 3.43. The lowest BCUT2D eigenvalue weighted by molar-refractivity contribution is 0.474. The van der Waals surface area contributed by atoms with Crippen LogP contribution in [-0.2, 0) is 6.54 Å². The molecule has 0 amide bonds. The van der Waals surface area contributed by atoms with E-state index in [4.69, 9.17) is 0 Å². The molecule has 0 aliphatic rings. The molecular formula is C23H18N6O. The van der Waals surface area contributed by atoms with Crippen LogP contribution in [0.3, 0.4) is 0 Å². The van der Waals surface area contributed by atoms with E-state index in [0.717, 1.165) is 22.1 Å². The number of hydrogen-bond acceptors (Lipinski definition) is 6. The van der Waals surface area contributed by atoms with Crippen molar-refractivity contribution < 1.29 is 5.11 Å². The summed E-state index contributed by atoms with van der Waals surface area (Å²) in [5, 5.41) is 23.6. The van der Waals surface area contributed by atoms with Crippen LogP contribution in [0.1, 0.15) is 11.1 Å². The van der Waals surface area contributed by atoms with E-state index in [1.807, 2.05) is 42.5 Å².